The lowest BCUT2D eigenvalue weighted by Crippen LogP contribution is -2.30. The van der Waals surface area contributed by atoms with Gasteiger partial charge in [0.15, 0.2) is 0 Å². The molecule has 0 atom stereocenters. The zero-order chi connectivity index (χ0) is 21.9. The summed E-state index contributed by atoms with van der Waals surface area (Å²) >= 11 is 0. The van der Waals surface area contributed by atoms with Crippen LogP contribution in [0.25, 0.3) is 5.52 Å². The lowest BCUT2D eigenvalue weighted by Gasteiger charge is -2.28. The minimum atomic E-state index is -0.136. The second-order valence-electron chi connectivity index (χ2n) is 8.16. The molecular weight excluding hydrogens is 400 g/mol. The van der Waals surface area contributed by atoms with Gasteiger partial charge < -0.3 is 19.9 Å². The van der Waals surface area contributed by atoms with Gasteiger partial charge in [0.25, 0.3) is 5.91 Å². The van der Waals surface area contributed by atoms with Crippen LogP contribution in [-0.4, -0.2) is 33.4 Å². The predicted octanol–water partition coefficient (Wildman–Crippen LogP) is 5.02. The average Bonchev–Trinajstić information content (AvgIpc) is 3.25. The first-order valence-corrected chi connectivity index (χ1v) is 11.0. The highest BCUT2D eigenvalue weighted by Crippen LogP contribution is 2.22. The molecule has 7 heteroatoms. The van der Waals surface area contributed by atoms with Crippen molar-refractivity contribution in [1.29, 1.82) is 0 Å². The van der Waals surface area contributed by atoms with Crippen LogP contribution in [0.3, 0.4) is 0 Å². The van der Waals surface area contributed by atoms with Gasteiger partial charge in [0.2, 0.25) is 5.95 Å². The molecule has 3 aromatic heterocycles. The van der Waals surface area contributed by atoms with Crippen molar-refractivity contribution in [2.24, 2.45) is 0 Å². The van der Waals surface area contributed by atoms with Gasteiger partial charge in [-0.15, -0.1) is 0 Å². The number of rotatable bonds is 5. The van der Waals surface area contributed by atoms with Crippen molar-refractivity contribution in [2.45, 2.75) is 26.2 Å². The number of nitrogens with zero attached hydrogens (tertiary/aromatic N) is 4. The fourth-order valence-corrected chi connectivity index (χ4v) is 4.04. The van der Waals surface area contributed by atoms with Crippen LogP contribution >= 0.6 is 0 Å². The quantitative estimate of drug-likeness (QED) is 0.468. The van der Waals surface area contributed by atoms with Crippen LogP contribution in [0, 0.1) is 6.92 Å². The SMILES string of the molecule is Cc1cc(N2CCCCC2)nc(Nc2ccc(NC(=O)c3cc4ccccn4c3)cc2)n1. The summed E-state index contributed by atoms with van der Waals surface area (Å²) in [6.45, 7) is 4.08. The molecule has 1 aliphatic heterocycles. The lowest BCUT2D eigenvalue weighted by molar-refractivity contribution is 0.102. The van der Waals surface area contributed by atoms with Crippen molar-refractivity contribution >= 4 is 34.6 Å². The Hall–Kier alpha value is -3.87. The molecule has 162 valence electrons. The zero-order valence-corrected chi connectivity index (χ0v) is 18.1. The van der Waals surface area contributed by atoms with Gasteiger partial charge in [0, 0.05) is 54.1 Å². The summed E-state index contributed by atoms with van der Waals surface area (Å²) in [4.78, 5) is 24.2. The van der Waals surface area contributed by atoms with E-state index in [1.54, 1.807) is 0 Å². The van der Waals surface area contributed by atoms with Crippen LogP contribution in [0.5, 0.6) is 0 Å². The lowest BCUT2D eigenvalue weighted by atomic mass is 10.1. The fraction of sp³-hybridized carbons (Fsp3) is 0.240. The van der Waals surface area contributed by atoms with Crippen LogP contribution in [0.1, 0.15) is 35.3 Å². The van der Waals surface area contributed by atoms with Gasteiger partial charge in [-0.2, -0.15) is 4.98 Å². The maximum atomic E-state index is 12.6. The van der Waals surface area contributed by atoms with E-state index in [0.717, 1.165) is 41.5 Å². The number of hydrogen-bond acceptors (Lipinski definition) is 5. The van der Waals surface area contributed by atoms with E-state index in [0.29, 0.717) is 11.5 Å². The molecule has 0 aliphatic carbocycles. The van der Waals surface area contributed by atoms with Crippen molar-refractivity contribution < 1.29 is 4.79 Å². The number of fused-ring (bicyclic) bond motifs is 1. The van der Waals surface area contributed by atoms with Gasteiger partial charge in [0.1, 0.15) is 5.82 Å². The van der Waals surface area contributed by atoms with E-state index in [9.17, 15) is 4.79 Å². The number of carbonyl (C=O) groups excluding carboxylic acids is 1. The largest absolute Gasteiger partial charge is 0.356 e. The Morgan fingerprint density at radius 3 is 2.50 bits per heavy atom. The molecule has 1 aliphatic rings. The first-order chi connectivity index (χ1) is 15.6. The molecule has 7 nitrogen and oxygen atoms in total. The molecule has 0 unspecified atom stereocenters. The molecule has 4 heterocycles. The van der Waals surface area contributed by atoms with Crippen LogP contribution < -0.4 is 15.5 Å². The number of hydrogen-bond donors (Lipinski definition) is 2. The normalized spacial score (nSPS) is 13.8. The Morgan fingerprint density at radius 1 is 0.938 bits per heavy atom. The molecule has 1 aromatic carbocycles. The van der Waals surface area contributed by atoms with Crippen molar-refractivity contribution in [3.8, 4) is 0 Å². The highest BCUT2D eigenvalue weighted by molar-refractivity contribution is 6.05. The topological polar surface area (TPSA) is 74.6 Å². The first kappa shape index (κ1) is 20.1. The van der Waals surface area contributed by atoms with Crippen molar-refractivity contribution in [2.75, 3.05) is 28.6 Å². The number of pyridine rings is 1. The summed E-state index contributed by atoms with van der Waals surface area (Å²) in [5, 5.41) is 6.24. The van der Waals surface area contributed by atoms with Gasteiger partial charge in [0.05, 0.1) is 5.56 Å². The Balaban J connectivity index is 1.26. The van der Waals surface area contributed by atoms with Crippen LogP contribution in [0.2, 0.25) is 0 Å². The molecule has 4 aromatic rings. The minimum absolute atomic E-state index is 0.136. The summed E-state index contributed by atoms with van der Waals surface area (Å²) in [7, 11) is 0. The molecule has 1 amide bonds. The number of aryl methyl sites for hydroxylation is 1. The van der Waals surface area contributed by atoms with E-state index in [-0.39, 0.29) is 5.91 Å². The molecule has 5 rings (SSSR count). The standard InChI is InChI=1S/C25H26N6O/c1-18-15-23(30-12-4-2-5-13-30)29-25(26-18)28-21-10-8-20(9-11-21)27-24(32)19-16-22-7-3-6-14-31(22)17-19/h3,6-11,14-17H,2,4-5,12-13H2,1H3,(H,27,32)(H,26,28,29). The number of amides is 1. The van der Waals surface area contributed by atoms with Crippen LogP contribution in [0.15, 0.2) is 67.0 Å². The molecule has 0 bridgehead atoms. The molecule has 32 heavy (non-hydrogen) atoms. The third kappa shape index (κ3) is 4.42. The molecule has 1 saturated heterocycles. The van der Waals surface area contributed by atoms with Gasteiger partial charge in [-0.05, 0) is 68.7 Å². The number of benzene rings is 1. The van der Waals surface area contributed by atoms with Gasteiger partial charge in [-0.25, -0.2) is 4.98 Å². The van der Waals surface area contributed by atoms with E-state index < -0.39 is 0 Å². The van der Waals surface area contributed by atoms with Crippen molar-refractivity contribution in [3.63, 3.8) is 0 Å². The highest BCUT2D eigenvalue weighted by Gasteiger charge is 2.14. The summed E-state index contributed by atoms with van der Waals surface area (Å²) in [5.41, 5.74) is 4.14. The van der Waals surface area contributed by atoms with Crippen LogP contribution in [-0.2, 0) is 0 Å². The third-order valence-electron chi connectivity index (χ3n) is 5.69. The van der Waals surface area contributed by atoms with E-state index in [1.807, 2.05) is 78.3 Å². The Labute approximate surface area is 187 Å². The third-order valence-corrected chi connectivity index (χ3v) is 5.69. The smallest absolute Gasteiger partial charge is 0.257 e. The summed E-state index contributed by atoms with van der Waals surface area (Å²) < 4.78 is 1.93. The Morgan fingerprint density at radius 2 is 1.72 bits per heavy atom. The predicted molar refractivity (Wildman–Crippen MR) is 128 cm³/mol. The number of carbonyl (C=O) groups is 1. The minimum Gasteiger partial charge on any atom is -0.356 e. The summed E-state index contributed by atoms with van der Waals surface area (Å²) in [6.07, 6.45) is 7.46. The Bertz CT molecular complexity index is 1210. The molecular formula is C25H26N6O. The van der Waals surface area contributed by atoms with E-state index in [4.69, 9.17) is 4.98 Å². The van der Waals surface area contributed by atoms with Crippen molar-refractivity contribution in [1.82, 2.24) is 14.4 Å². The second-order valence-corrected chi connectivity index (χ2v) is 8.16. The monoisotopic (exact) mass is 426 g/mol. The molecule has 2 N–H and O–H groups in total. The zero-order valence-electron chi connectivity index (χ0n) is 18.1. The number of aromatic nitrogens is 3. The van der Waals surface area contributed by atoms with E-state index in [2.05, 4.69) is 20.5 Å². The first-order valence-electron chi connectivity index (χ1n) is 11.0. The number of piperidine rings is 1. The molecule has 1 fully saturated rings. The molecule has 0 radical (unpaired) electrons. The maximum Gasteiger partial charge on any atom is 0.257 e. The Kier molecular flexibility index (Phi) is 5.46. The van der Waals surface area contributed by atoms with Gasteiger partial charge in [-0.1, -0.05) is 6.07 Å². The van der Waals surface area contributed by atoms with Gasteiger partial charge in [-0.3, -0.25) is 4.79 Å². The maximum absolute atomic E-state index is 12.6. The number of nitrogens with one attached hydrogen (secondary N) is 2. The summed E-state index contributed by atoms with van der Waals surface area (Å²) in [5.74, 6) is 1.42. The van der Waals surface area contributed by atoms with Gasteiger partial charge >= 0.3 is 0 Å². The second kappa shape index (κ2) is 8.70. The average molecular weight is 427 g/mol. The highest BCUT2D eigenvalue weighted by atomic mass is 16.1. The number of anilines is 4. The molecule has 0 spiro atoms. The van der Waals surface area contributed by atoms with E-state index >= 15 is 0 Å². The fourth-order valence-electron chi connectivity index (χ4n) is 4.04. The van der Waals surface area contributed by atoms with E-state index in [1.165, 1.54) is 19.3 Å². The summed E-state index contributed by atoms with van der Waals surface area (Å²) in [6, 6.07) is 17.4. The van der Waals surface area contributed by atoms with Crippen LogP contribution in [0.4, 0.5) is 23.1 Å². The van der Waals surface area contributed by atoms with Crippen molar-refractivity contribution in [3.05, 3.63) is 78.2 Å². The molecule has 0 saturated carbocycles.